The molecule has 27 heavy (non-hydrogen) atoms. The summed E-state index contributed by atoms with van der Waals surface area (Å²) in [5, 5.41) is 2.74. The second-order valence-electron chi connectivity index (χ2n) is 6.13. The van der Waals surface area contributed by atoms with Gasteiger partial charge in [0, 0.05) is 5.69 Å². The van der Waals surface area contributed by atoms with Crippen LogP contribution in [0.3, 0.4) is 0 Å². The van der Waals surface area contributed by atoms with E-state index in [-0.39, 0.29) is 10.5 Å². The molecule has 0 aromatic heterocycles. The lowest BCUT2D eigenvalue weighted by atomic mass is 10.1. The normalized spacial score (nSPS) is 11.1. The molecule has 144 valence electrons. The van der Waals surface area contributed by atoms with Gasteiger partial charge in [-0.3, -0.25) is 4.79 Å². The van der Waals surface area contributed by atoms with Crippen LogP contribution in [0.4, 0.5) is 5.69 Å². The van der Waals surface area contributed by atoms with E-state index in [0.29, 0.717) is 5.69 Å². The number of amides is 1. The molecule has 0 aliphatic rings. The predicted molar refractivity (Wildman–Crippen MR) is 102 cm³/mol. The number of carbonyl (C=O) groups is 2. The highest BCUT2D eigenvalue weighted by molar-refractivity contribution is 7.89. The number of carbonyl (C=O) groups excluding carboxylic acids is 2. The number of sulfonamides is 1. The Morgan fingerprint density at radius 1 is 1.04 bits per heavy atom. The van der Waals surface area contributed by atoms with Gasteiger partial charge in [0.1, 0.15) is 0 Å². The first-order chi connectivity index (χ1) is 12.6. The topological polar surface area (TPSA) is 102 Å². The van der Waals surface area contributed by atoms with Gasteiger partial charge in [0.2, 0.25) is 10.0 Å². The fraction of sp³-hybridized carbons (Fsp3) is 0.263. The van der Waals surface area contributed by atoms with Crippen LogP contribution in [0.25, 0.3) is 0 Å². The first-order valence-electron chi connectivity index (χ1n) is 8.22. The van der Waals surface area contributed by atoms with Crippen molar-refractivity contribution < 1.29 is 22.7 Å². The third-order valence-electron chi connectivity index (χ3n) is 3.92. The smallest absolute Gasteiger partial charge is 0.338 e. The summed E-state index contributed by atoms with van der Waals surface area (Å²) in [6.07, 6.45) is 0. The molecule has 0 spiro atoms. The molecular weight excluding hydrogens is 368 g/mol. The fourth-order valence-electron chi connectivity index (χ4n) is 2.68. The predicted octanol–water partition coefficient (Wildman–Crippen LogP) is 2.32. The molecule has 0 bridgehead atoms. The van der Waals surface area contributed by atoms with Gasteiger partial charge in [-0.15, -0.1) is 0 Å². The van der Waals surface area contributed by atoms with Gasteiger partial charge in [-0.25, -0.2) is 17.9 Å². The van der Waals surface area contributed by atoms with Crippen molar-refractivity contribution >= 4 is 27.6 Å². The Bertz CT molecular complexity index is 960. The van der Waals surface area contributed by atoms with E-state index in [9.17, 15) is 18.0 Å². The molecule has 1 amide bonds. The highest BCUT2D eigenvalue weighted by Gasteiger charge is 2.16. The number of hydrogen-bond acceptors (Lipinski definition) is 5. The number of anilines is 1. The largest absolute Gasteiger partial charge is 0.452 e. The van der Waals surface area contributed by atoms with Gasteiger partial charge >= 0.3 is 5.97 Å². The SMILES string of the molecule is CNS(=O)(=O)c1cccc(C(=O)OCC(=O)Nc2c(C)cc(C)cc2C)c1. The lowest BCUT2D eigenvalue weighted by Crippen LogP contribution is -2.22. The van der Waals surface area contributed by atoms with E-state index >= 15 is 0 Å². The number of hydrogen-bond donors (Lipinski definition) is 2. The third-order valence-corrected chi connectivity index (χ3v) is 5.34. The van der Waals surface area contributed by atoms with E-state index in [1.165, 1.54) is 31.3 Å². The standard InChI is InChI=1S/C19H22N2O5S/c1-12-8-13(2)18(14(3)9-12)21-17(22)11-26-19(23)15-6-5-7-16(10-15)27(24,25)20-4/h5-10,20H,11H2,1-4H3,(H,21,22). The molecule has 2 N–H and O–H groups in total. The number of rotatable bonds is 6. The highest BCUT2D eigenvalue weighted by atomic mass is 32.2. The number of ether oxygens (including phenoxy) is 1. The van der Waals surface area contributed by atoms with E-state index < -0.39 is 28.5 Å². The summed E-state index contributed by atoms with van der Waals surface area (Å²) in [6, 6.07) is 9.30. The molecule has 0 heterocycles. The van der Waals surface area contributed by atoms with Crippen LogP contribution in [0.5, 0.6) is 0 Å². The van der Waals surface area contributed by atoms with Crippen molar-refractivity contribution in [2.75, 3.05) is 19.0 Å². The maximum Gasteiger partial charge on any atom is 0.338 e. The molecule has 0 aliphatic heterocycles. The Balaban J connectivity index is 2.04. The first-order valence-corrected chi connectivity index (χ1v) is 9.71. The number of aryl methyl sites for hydroxylation is 3. The molecule has 0 atom stereocenters. The van der Waals surface area contributed by atoms with E-state index in [1.54, 1.807) is 0 Å². The second-order valence-corrected chi connectivity index (χ2v) is 8.02. The van der Waals surface area contributed by atoms with Crippen LogP contribution in [0.15, 0.2) is 41.3 Å². The van der Waals surface area contributed by atoms with Crippen LogP contribution in [0.1, 0.15) is 27.0 Å². The minimum atomic E-state index is -3.68. The van der Waals surface area contributed by atoms with Gasteiger partial charge in [0.15, 0.2) is 6.61 Å². The average molecular weight is 390 g/mol. The van der Waals surface area contributed by atoms with Crippen LogP contribution in [-0.4, -0.2) is 33.9 Å². The van der Waals surface area contributed by atoms with Gasteiger partial charge in [0.25, 0.3) is 5.91 Å². The molecule has 0 radical (unpaired) electrons. The van der Waals surface area contributed by atoms with E-state index in [0.717, 1.165) is 16.7 Å². The fourth-order valence-corrected chi connectivity index (χ4v) is 3.45. The number of nitrogens with one attached hydrogen (secondary N) is 2. The second kappa shape index (κ2) is 8.32. The maximum atomic E-state index is 12.1. The van der Waals surface area contributed by atoms with Crippen molar-refractivity contribution in [3.63, 3.8) is 0 Å². The molecule has 0 fully saturated rings. The third kappa shape index (κ3) is 5.15. The van der Waals surface area contributed by atoms with Crippen LogP contribution in [0, 0.1) is 20.8 Å². The summed E-state index contributed by atoms with van der Waals surface area (Å²) in [6.45, 7) is 5.26. The van der Waals surface area contributed by atoms with Crippen molar-refractivity contribution in [1.82, 2.24) is 4.72 Å². The van der Waals surface area contributed by atoms with Crippen LogP contribution < -0.4 is 10.0 Å². The minimum absolute atomic E-state index is 0.0434. The van der Waals surface area contributed by atoms with Gasteiger partial charge < -0.3 is 10.1 Å². The zero-order chi connectivity index (χ0) is 20.2. The summed E-state index contributed by atoms with van der Waals surface area (Å²) >= 11 is 0. The zero-order valence-electron chi connectivity index (χ0n) is 15.6. The molecule has 0 saturated heterocycles. The Morgan fingerprint density at radius 3 is 2.26 bits per heavy atom. The zero-order valence-corrected chi connectivity index (χ0v) is 16.4. The minimum Gasteiger partial charge on any atom is -0.452 e. The lowest BCUT2D eigenvalue weighted by molar-refractivity contribution is -0.119. The van der Waals surface area contributed by atoms with Gasteiger partial charge in [-0.2, -0.15) is 0 Å². The molecule has 2 aromatic carbocycles. The summed E-state index contributed by atoms with van der Waals surface area (Å²) in [5.74, 6) is -1.26. The number of benzene rings is 2. The van der Waals surface area contributed by atoms with Gasteiger partial charge in [0.05, 0.1) is 10.5 Å². The maximum absolute atomic E-state index is 12.1. The van der Waals surface area contributed by atoms with E-state index in [1.807, 2.05) is 32.9 Å². The Morgan fingerprint density at radius 2 is 1.67 bits per heavy atom. The molecule has 2 rings (SSSR count). The van der Waals surface area contributed by atoms with Crippen molar-refractivity contribution in [3.05, 3.63) is 58.7 Å². The van der Waals surface area contributed by atoms with Crippen molar-refractivity contribution in [3.8, 4) is 0 Å². The van der Waals surface area contributed by atoms with E-state index in [2.05, 4.69) is 10.0 Å². The molecule has 0 saturated carbocycles. The van der Waals surface area contributed by atoms with Crippen molar-refractivity contribution in [2.45, 2.75) is 25.7 Å². The summed E-state index contributed by atoms with van der Waals surface area (Å²) in [7, 11) is -2.40. The molecule has 0 unspecified atom stereocenters. The molecule has 0 aliphatic carbocycles. The Kier molecular flexibility index (Phi) is 6.35. The average Bonchev–Trinajstić information content (AvgIpc) is 2.62. The van der Waals surface area contributed by atoms with E-state index in [4.69, 9.17) is 4.74 Å². The van der Waals surface area contributed by atoms with Crippen LogP contribution in [-0.2, 0) is 19.6 Å². The summed E-state index contributed by atoms with van der Waals surface area (Å²) < 4.78 is 30.8. The lowest BCUT2D eigenvalue weighted by Gasteiger charge is -2.13. The quantitative estimate of drug-likeness (QED) is 0.737. The molecule has 8 heteroatoms. The first kappa shape index (κ1) is 20.6. The van der Waals surface area contributed by atoms with Crippen molar-refractivity contribution in [1.29, 1.82) is 0 Å². The Hall–Kier alpha value is -2.71. The summed E-state index contributed by atoms with van der Waals surface area (Å²) in [5.41, 5.74) is 3.64. The number of esters is 1. The summed E-state index contributed by atoms with van der Waals surface area (Å²) in [4.78, 5) is 24.2. The molecular formula is C19H22N2O5S. The molecule has 2 aromatic rings. The van der Waals surface area contributed by atoms with Gasteiger partial charge in [-0.1, -0.05) is 23.8 Å². The Labute approximate surface area is 158 Å². The molecule has 7 nitrogen and oxygen atoms in total. The van der Waals surface area contributed by atoms with Crippen LogP contribution >= 0.6 is 0 Å². The van der Waals surface area contributed by atoms with Crippen LogP contribution in [0.2, 0.25) is 0 Å². The highest BCUT2D eigenvalue weighted by Crippen LogP contribution is 2.21. The van der Waals surface area contributed by atoms with Gasteiger partial charge in [-0.05, 0) is 57.1 Å². The van der Waals surface area contributed by atoms with Crippen molar-refractivity contribution in [2.24, 2.45) is 0 Å². The monoisotopic (exact) mass is 390 g/mol.